The minimum Gasteiger partial charge on any atom is -0.497 e. The molecule has 0 saturated heterocycles. The summed E-state index contributed by atoms with van der Waals surface area (Å²) in [6.45, 7) is 2.35. The maximum absolute atomic E-state index is 13.4. The Hall–Kier alpha value is -3.09. The fourth-order valence-electron chi connectivity index (χ4n) is 3.74. The highest BCUT2D eigenvalue weighted by Gasteiger charge is 2.29. The third-order valence-electron chi connectivity index (χ3n) is 5.46. The van der Waals surface area contributed by atoms with Gasteiger partial charge in [0, 0.05) is 43.9 Å². The van der Waals surface area contributed by atoms with Gasteiger partial charge < -0.3 is 14.4 Å². The zero-order valence-corrected chi connectivity index (χ0v) is 17.5. The Bertz CT molecular complexity index is 1090. The second kappa shape index (κ2) is 7.39. The van der Waals surface area contributed by atoms with E-state index in [4.69, 9.17) is 14.5 Å². The second-order valence-corrected chi connectivity index (χ2v) is 7.62. The first-order chi connectivity index (χ1) is 13.9. The van der Waals surface area contributed by atoms with Crippen LogP contribution < -0.4 is 9.47 Å². The van der Waals surface area contributed by atoms with Gasteiger partial charge in [-0.25, -0.2) is 4.98 Å². The second-order valence-electron chi connectivity index (χ2n) is 7.62. The van der Waals surface area contributed by atoms with E-state index in [2.05, 4.69) is 5.10 Å². The average molecular weight is 394 g/mol. The molecule has 0 spiro atoms. The Labute approximate surface area is 170 Å². The van der Waals surface area contributed by atoms with Gasteiger partial charge in [-0.2, -0.15) is 5.10 Å². The van der Waals surface area contributed by atoms with Gasteiger partial charge in [0.05, 0.1) is 30.9 Å². The van der Waals surface area contributed by atoms with Crippen molar-refractivity contribution in [1.29, 1.82) is 0 Å². The lowest BCUT2D eigenvalue weighted by molar-refractivity contribution is 0.0786. The van der Waals surface area contributed by atoms with Crippen LogP contribution in [0.3, 0.4) is 0 Å². The first-order valence-corrected chi connectivity index (χ1v) is 9.73. The van der Waals surface area contributed by atoms with Gasteiger partial charge in [-0.1, -0.05) is 0 Å². The summed E-state index contributed by atoms with van der Waals surface area (Å²) in [5.41, 5.74) is 4.15. The largest absolute Gasteiger partial charge is 0.497 e. The molecule has 4 rings (SSSR count). The van der Waals surface area contributed by atoms with Gasteiger partial charge in [-0.15, -0.1) is 0 Å². The van der Waals surface area contributed by atoms with Gasteiger partial charge in [0.25, 0.3) is 5.91 Å². The number of aromatic nitrogens is 3. The van der Waals surface area contributed by atoms with Gasteiger partial charge in [0.2, 0.25) is 0 Å². The van der Waals surface area contributed by atoms with E-state index in [1.807, 2.05) is 38.2 Å². The lowest BCUT2D eigenvalue weighted by Crippen LogP contribution is -2.27. The fourth-order valence-corrected chi connectivity index (χ4v) is 3.74. The molecule has 1 aliphatic rings. The monoisotopic (exact) mass is 394 g/mol. The number of carbonyl (C=O) groups excluding carboxylic acids is 1. The highest BCUT2D eigenvalue weighted by Crippen LogP contribution is 2.40. The Kier molecular flexibility index (Phi) is 4.90. The van der Waals surface area contributed by atoms with Crippen molar-refractivity contribution < 1.29 is 14.3 Å². The maximum atomic E-state index is 13.4. The molecule has 1 aliphatic carbocycles. The molecule has 1 saturated carbocycles. The first-order valence-electron chi connectivity index (χ1n) is 9.73. The molecule has 0 radical (unpaired) electrons. The Morgan fingerprint density at radius 3 is 2.66 bits per heavy atom. The van der Waals surface area contributed by atoms with Crippen LogP contribution in [0.2, 0.25) is 0 Å². The van der Waals surface area contributed by atoms with Crippen LogP contribution in [0.15, 0.2) is 24.3 Å². The van der Waals surface area contributed by atoms with Crippen LogP contribution in [-0.4, -0.2) is 46.8 Å². The Morgan fingerprint density at radius 2 is 2.00 bits per heavy atom. The molecule has 7 heteroatoms. The molecular formula is C22H26N4O3. The molecule has 7 nitrogen and oxygen atoms in total. The van der Waals surface area contributed by atoms with Crippen molar-refractivity contribution in [3.05, 3.63) is 46.8 Å². The number of methoxy groups -OCH3 is 2. The van der Waals surface area contributed by atoms with E-state index in [0.29, 0.717) is 23.8 Å². The summed E-state index contributed by atoms with van der Waals surface area (Å²) in [5, 5.41) is 5.32. The van der Waals surface area contributed by atoms with E-state index in [0.717, 1.165) is 46.6 Å². The van der Waals surface area contributed by atoms with Gasteiger partial charge in [0.1, 0.15) is 11.5 Å². The van der Waals surface area contributed by atoms with E-state index >= 15 is 0 Å². The predicted octanol–water partition coefficient (Wildman–Crippen LogP) is 3.44. The number of hydrogen-bond acceptors (Lipinski definition) is 5. The third-order valence-corrected chi connectivity index (χ3v) is 5.46. The summed E-state index contributed by atoms with van der Waals surface area (Å²) in [6.07, 6.45) is 2.25. The topological polar surface area (TPSA) is 69.5 Å². The van der Waals surface area contributed by atoms with E-state index in [-0.39, 0.29) is 5.91 Å². The minimum absolute atomic E-state index is 0.0479. The molecule has 2 heterocycles. The summed E-state index contributed by atoms with van der Waals surface area (Å²) < 4.78 is 12.5. The maximum Gasteiger partial charge on any atom is 0.254 e. The van der Waals surface area contributed by atoms with E-state index < -0.39 is 0 Å². The SMILES string of the molecule is COc1ccc(CN(C)C(=O)c2cc(C3CC3)nc3c2c(C)nn3C)c(OC)c1. The number of pyridine rings is 1. The fraction of sp³-hybridized carbons (Fsp3) is 0.409. The summed E-state index contributed by atoms with van der Waals surface area (Å²) >= 11 is 0. The number of nitrogens with zero attached hydrogens (tertiary/aromatic N) is 4. The highest BCUT2D eigenvalue weighted by molar-refractivity contribution is 6.06. The number of carbonyl (C=O) groups is 1. The summed E-state index contributed by atoms with van der Waals surface area (Å²) in [4.78, 5) is 19.9. The van der Waals surface area contributed by atoms with Gasteiger partial charge in [0.15, 0.2) is 5.65 Å². The molecule has 1 fully saturated rings. The van der Waals surface area contributed by atoms with Crippen LogP contribution in [0.4, 0.5) is 0 Å². The molecule has 3 aromatic rings. The number of aryl methyl sites for hydroxylation is 2. The number of rotatable bonds is 6. The van der Waals surface area contributed by atoms with Crippen LogP contribution in [0.5, 0.6) is 11.5 Å². The predicted molar refractivity (Wildman–Crippen MR) is 111 cm³/mol. The molecule has 0 aliphatic heterocycles. The lowest BCUT2D eigenvalue weighted by Gasteiger charge is -2.20. The van der Waals surface area contributed by atoms with E-state index in [9.17, 15) is 4.79 Å². The summed E-state index contributed by atoms with van der Waals surface area (Å²) in [6, 6.07) is 7.58. The van der Waals surface area contributed by atoms with Crippen LogP contribution in [0, 0.1) is 6.92 Å². The molecule has 0 atom stereocenters. The highest BCUT2D eigenvalue weighted by atomic mass is 16.5. The normalized spacial score (nSPS) is 13.6. The van der Waals surface area contributed by atoms with Crippen molar-refractivity contribution in [2.45, 2.75) is 32.2 Å². The summed E-state index contributed by atoms with van der Waals surface area (Å²) in [7, 11) is 6.92. The molecule has 1 aromatic carbocycles. The third kappa shape index (κ3) is 3.52. The van der Waals surface area contributed by atoms with Gasteiger partial charge in [-0.05, 0) is 38.0 Å². The molecule has 0 unspecified atom stereocenters. The number of fused-ring (bicyclic) bond motifs is 1. The van der Waals surface area contributed by atoms with Crippen molar-refractivity contribution in [1.82, 2.24) is 19.7 Å². The van der Waals surface area contributed by atoms with Crippen LogP contribution >= 0.6 is 0 Å². The van der Waals surface area contributed by atoms with Crippen LogP contribution in [-0.2, 0) is 13.6 Å². The van der Waals surface area contributed by atoms with Gasteiger partial charge in [-0.3, -0.25) is 9.48 Å². The first kappa shape index (κ1) is 19.2. The molecule has 0 bridgehead atoms. The quantitative estimate of drug-likeness (QED) is 0.641. The molecule has 152 valence electrons. The standard InChI is InChI=1S/C22H26N4O3/c1-13-20-17(11-18(14-6-7-14)23-21(20)26(3)24-13)22(27)25(2)12-15-8-9-16(28-4)10-19(15)29-5/h8-11,14H,6-7,12H2,1-5H3. The van der Waals surface area contributed by atoms with Crippen LogP contribution in [0.25, 0.3) is 11.0 Å². The van der Waals surface area contributed by atoms with Gasteiger partial charge >= 0.3 is 0 Å². The molecule has 2 aromatic heterocycles. The zero-order valence-electron chi connectivity index (χ0n) is 17.5. The number of hydrogen-bond donors (Lipinski definition) is 0. The number of benzene rings is 1. The zero-order chi connectivity index (χ0) is 20.7. The minimum atomic E-state index is -0.0479. The molecular weight excluding hydrogens is 368 g/mol. The Morgan fingerprint density at radius 1 is 1.24 bits per heavy atom. The molecule has 0 N–H and O–H groups in total. The summed E-state index contributed by atoms with van der Waals surface area (Å²) in [5.74, 6) is 1.82. The van der Waals surface area contributed by atoms with E-state index in [1.165, 1.54) is 0 Å². The molecule has 29 heavy (non-hydrogen) atoms. The van der Waals surface area contributed by atoms with Crippen molar-refractivity contribution in [3.63, 3.8) is 0 Å². The number of amides is 1. The van der Waals surface area contributed by atoms with Crippen molar-refractivity contribution >= 4 is 16.9 Å². The van der Waals surface area contributed by atoms with Crippen LogP contribution in [0.1, 0.15) is 46.1 Å². The van der Waals surface area contributed by atoms with Crippen molar-refractivity contribution in [2.24, 2.45) is 7.05 Å². The smallest absolute Gasteiger partial charge is 0.254 e. The molecule has 1 amide bonds. The number of ether oxygens (including phenoxy) is 2. The van der Waals surface area contributed by atoms with Crippen molar-refractivity contribution in [2.75, 3.05) is 21.3 Å². The average Bonchev–Trinajstić information content (AvgIpc) is 3.53. The lowest BCUT2D eigenvalue weighted by atomic mass is 10.1. The van der Waals surface area contributed by atoms with Crippen molar-refractivity contribution in [3.8, 4) is 11.5 Å². The van der Waals surface area contributed by atoms with E-state index in [1.54, 1.807) is 30.8 Å². The Balaban J connectivity index is 1.70.